The molecule has 0 saturated carbocycles. The second-order valence-corrected chi connectivity index (χ2v) is 6.60. The summed E-state index contributed by atoms with van der Waals surface area (Å²) in [4.78, 5) is 6.66. The number of pyridine rings is 1. The number of thioether (sulfide) groups is 1. The second kappa shape index (κ2) is 9.48. The van der Waals surface area contributed by atoms with Gasteiger partial charge in [-0.25, -0.2) is 4.98 Å². The summed E-state index contributed by atoms with van der Waals surface area (Å²) in [5.41, 5.74) is 0. The van der Waals surface area contributed by atoms with Gasteiger partial charge in [0.2, 0.25) is 5.88 Å². The number of rotatable bonds is 9. The Labute approximate surface area is 131 Å². The first kappa shape index (κ1) is 15.9. The smallest absolute Gasteiger partial charge is 0.213 e. The van der Waals surface area contributed by atoms with E-state index in [9.17, 15) is 0 Å². The normalized spacial score (nSPS) is 15.7. The van der Waals surface area contributed by atoms with Crippen molar-refractivity contribution < 1.29 is 4.74 Å². The zero-order valence-electron chi connectivity index (χ0n) is 11.9. The van der Waals surface area contributed by atoms with Gasteiger partial charge in [-0.3, -0.25) is 4.90 Å². The zero-order valence-corrected chi connectivity index (χ0v) is 13.5. The van der Waals surface area contributed by atoms with Gasteiger partial charge in [0.1, 0.15) is 0 Å². The van der Waals surface area contributed by atoms with Crippen LogP contribution in [0.1, 0.15) is 32.1 Å². The maximum atomic E-state index is 5.77. The number of nitrogens with zero attached hydrogens (tertiary/aromatic N) is 2. The van der Waals surface area contributed by atoms with Crippen LogP contribution in [-0.4, -0.2) is 41.2 Å². The molecule has 2 rings (SSSR count). The maximum absolute atomic E-state index is 5.77. The molecule has 1 saturated heterocycles. The third-order valence-electron chi connectivity index (χ3n) is 3.39. The standard InChI is InChI=1S/C15H23ClN2OS/c16-14-6-7-15(17-12-14)19-10-5-3-1-2-4-8-18-9-11-20-13-18/h6-7,12H,1-5,8-11,13H2. The molecule has 3 nitrogen and oxygen atoms in total. The molecule has 1 aliphatic heterocycles. The van der Waals surface area contributed by atoms with Gasteiger partial charge in [-0.2, -0.15) is 0 Å². The van der Waals surface area contributed by atoms with E-state index in [0.717, 1.165) is 13.0 Å². The zero-order chi connectivity index (χ0) is 14.0. The third-order valence-corrected chi connectivity index (χ3v) is 4.64. The van der Waals surface area contributed by atoms with E-state index in [0.29, 0.717) is 10.9 Å². The van der Waals surface area contributed by atoms with Crippen LogP contribution in [0.25, 0.3) is 0 Å². The van der Waals surface area contributed by atoms with Gasteiger partial charge >= 0.3 is 0 Å². The Hall–Kier alpha value is -0.450. The van der Waals surface area contributed by atoms with Crippen molar-refractivity contribution in [2.45, 2.75) is 32.1 Å². The Morgan fingerprint density at radius 3 is 2.80 bits per heavy atom. The Morgan fingerprint density at radius 1 is 1.20 bits per heavy atom. The van der Waals surface area contributed by atoms with Crippen molar-refractivity contribution in [1.82, 2.24) is 9.88 Å². The maximum Gasteiger partial charge on any atom is 0.213 e. The van der Waals surface area contributed by atoms with E-state index in [2.05, 4.69) is 21.6 Å². The van der Waals surface area contributed by atoms with E-state index in [1.165, 1.54) is 50.4 Å². The number of halogens is 1. The molecule has 1 aromatic heterocycles. The Bertz CT molecular complexity index is 369. The van der Waals surface area contributed by atoms with Crippen LogP contribution in [0.3, 0.4) is 0 Å². The summed E-state index contributed by atoms with van der Waals surface area (Å²) in [6.07, 6.45) is 7.93. The van der Waals surface area contributed by atoms with Crippen LogP contribution >= 0.6 is 23.4 Å². The third kappa shape index (κ3) is 6.33. The fraction of sp³-hybridized carbons (Fsp3) is 0.667. The molecule has 20 heavy (non-hydrogen) atoms. The number of hydrogen-bond acceptors (Lipinski definition) is 4. The monoisotopic (exact) mass is 314 g/mol. The summed E-state index contributed by atoms with van der Waals surface area (Å²) in [7, 11) is 0. The fourth-order valence-electron chi connectivity index (χ4n) is 2.22. The number of hydrogen-bond donors (Lipinski definition) is 0. The molecule has 0 unspecified atom stereocenters. The van der Waals surface area contributed by atoms with E-state index in [4.69, 9.17) is 16.3 Å². The Balaban J connectivity index is 1.40. The highest BCUT2D eigenvalue weighted by molar-refractivity contribution is 7.99. The Morgan fingerprint density at radius 2 is 2.05 bits per heavy atom. The van der Waals surface area contributed by atoms with Crippen molar-refractivity contribution in [3.05, 3.63) is 23.4 Å². The molecule has 1 aliphatic rings. The molecule has 1 aromatic rings. The lowest BCUT2D eigenvalue weighted by molar-refractivity contribution is 0.291. The SMILES string of the molecule is Clc1ccc(OCCCCCCCN2CCSC2)nc1. The topological polar surface area (TPSA) is 25.4 Å². The molecule has 0 spiro atoms. The second-order valence-electron chi connectivity index (χ2n) is 5.09. The molecule has 2 heterocycles. The van der Waals surface area contributed by atoms with Crippen LogP contribution in [0.2, 0.25) is 5.02 Å². The summed E-state index contributed by atoms with van der Waals surface area (Å²) in [6, 6.07) is 3.62. The highest BCUT2D eigenvalue weighted by Gasteiger charge is 2.10. The average molecular weight is 315 g/mol. The van der Waals surface area contributed by atoms with E-state index >= 15 is 0 Å². The van der Waals surface area contributed by atoms with E-state index in [-0.39, 0.29) is 0 Å². The van der Waals surface area contributed by atoms with E-state index in [1.54, 1.807) is 12.3 Å². The molecular weight excluding hydrogens is 292 g/mol. The summed E-state index contributed by atoms with van der Waals surface area (Å²) >= 11 is 7.82. The first-order chi connectivity index (χ1) is 9.84. The van der Waals surface area contributed by atoms with Crippen LogP contribution in [0.4, 0.5) is 0 Å². The number of unbranched alkanes of at least 4 members (excludes halogenated alkanes) is 4. The van der Waals surface area contributed by atoms with Crippen LogP contribution in [0.15, 0.2) is 18.3 Å². The molecule has 0 radical (unpaired) electrons. The number of aromatic nitrogens is 1. The van der Waals surface area contributed by atoms with Gasteiger partial charge in [-0.15, -0.1) is 11.8 Å². The predicted molar refractivity (Wildman–Crippen MR) is 86.7 cm³/mol. The lowest BCUT2D eigenvalue weighted by Crippen LogP contribution is -2.20. The van der Waals surface area contributed by atoms with Gasteiger partial charge in [0.05, 0.1) is 11.6 Å². The van der Waals surface area contributed by atoms with Crippen molar-refractivity contribution in [2.24, 2.45) is 0 Å². The van der Waals surface area contributed by atoms with E-state index < -0.39 is 0 Å². The molecule has 1 fully saturated rings. The van der Waals surface area contributed by atoms with Gasteiger partial charge in [-0.1, -0.05) is 30.9 Å². The molecule has 0 N–H and O–H groups in total. The van der Waals surface area contributed by atoms with Gasteiger partial charge < -0.3 is 4.74 Å². The van der Waals surface area contributed by atoms with Crippen LogP contribution < -0.4 is 4.74 Å². The van der Waals surface area contributed by atoms with Crippen molar-refractivity contribution in [3.8, 4) is 5.88 Å². The van der Waals surface area contributed by atoms with Crippen LogP contribution in [0.5, 0.6) is 5.88 Å². The summed E-state index contributed by atoms with van der Waals surface area (Å²) in [6.45, 7) is 3.31. The molecular formula is C15H23ClN2OS. The largest absolute Gasteiger partial charge is 0.478 e. The molecule has 0 aliphatic carbocycles. The van der Waals surface area contributed by atoms with Crippen molar-refractivity contribution in [1.29, 1.82) is 0 Å². The lowest BCUT2D eigenvalue weighted by atomic mass is 10.1. The van der Waals surface area contributed by atoms with Crippen LogP contribution in [0, 0.1) is 0 Å². The summed E-state index contributed by atoms with van der Waals surface area (Å²) < 4.78 is 5.57. The van der Waals surface area contributed by atoms with Crippen molar-refractivity contribution in [2.75, 3.05) is 31.3 Å². The van der Waals surface area contributed by atoms with E-state index in [1.807, 2.05) is 6.07 Å². The first-order valence-corrected chi connectivity index (χ1v) is 8.92. The molecule has 0 aromatic carbocycles. The average Bonchev–Trinajstić information content (AvgIpc) is 2.97. The predicted octanol–water partition coefficient (Wildman–Crippen LogP) is 4.07. The minimum Gasteiger partial charge on any atom is -0.478 e. The molecule has 0 atom stereocenters. The lowest BCUT2D eigenvalue weighted by Gasteiger charge is -2.12. The minimum absolute atomic E-state index is 0.647. The minimum atomic E-state index is 0.647. The first-order valence-electron chi connectivity index (χ1n) is 7.39. The van der Waals surface area contributed by atoms with Crippen molar-refractivity contribution in [3.63, 3.8) is 0 Å². The molecule has 0 amide bonds. The van der Waals surface area contributed by atoms with Crippen LogP contribution in [-0.2, 0) is 0 Å². The molecule has 112 valence electrons. The van der Waals surface area contributed by atoms with Gasteiger partial charge in [0.15, 0.2) is 0 Å². The van der Waals surface area contributed by atoms with Crippen molar-refractivity contribution >= 4 is 23.4 Å². The fourth-order valence-corrected chi connectivity index (χ4v) is 3.36. The molecule has 5 heteroatoms. The summed E-state index contributed by atoms with van der Waals surface area (Å²) in [5.74, 6) is 3.22. The van der Waals surface area contributed by atoms with Gasteiger partial charge in [0.25, 0.3) is 0 Å². The highest BCUT2D eigenvalue weighted by Crippen LogP contribution is 2.15. The Kier molecular flexibility index (Phi) is 7.55. The highest BCUT2D eigenvalue weighted by atomic mass is 35.5. The molecule has 0 bridgehead atoms. The van der Waals surface area contributed by atoms with Gasteiger partial charge in [-0.05, 0) is 25.5 Å². The quantitative estimate of drug-likeness (QED) is 0.642. The van der Waals surface area contributed by atoms with Gasteiger partial charge in [0, 0.05) is 30.4 Å². The number of ether oxygens (including phenoxy) is 1. The summed E-state index contributed by atoms with van der Waals surface area (Å²) in [5, 5.41) is 0.647.